The molecule has 190 valence electrons. The van der Waals surface area contributed by atoms with Crippen molar-refractivity contribution < 1.29 is 31.9 Å². The van der Waals surface area contributed by atoms with Gasteiger partial charge in [-0.2, -0.15) is 18.3 Å². The number of methoxy groups -OCH3 is 1. The lowest BCUT2D eigenvalue weighted by Gasteiger charge is -2.21. The number of hydrogen-bond donors (Lipinski definition) is 1. The number of carbonyl (C=O) groups is 2. The summed E-state index contributed by atoms with van der Waals surface area (Å²) >= 11 is 0. The van der Waals surface area contributed by atoms with Gasteiger partial charge in [0.1, 0.15) is 17.2 Å². The number of anilines is 1. The Morgan fingerprint density at radius 3 is 2.58 bits per heavy atom. The first-order chi connectivity index (χ1) is 17.0. The summed E-state index contributed by atoms with van der Waals surface area (Å²) in [5.41, 5.74) is 0.721. The van der Waals surface area contributed by atoms with Crippen LogP contribution >= 0.6 is 0 Å². The Labute approximate surface area is 204 Å². The van der Waals surface area contributed by atoms with Crippen molar-refractivity contribution in [1.29, 1.82) is 0 Å². The summed E-state index contributed by atoms with van der Waals surface area (Å²) in [4.78, 5) is 26.7. The predicted octanol–water partition coefficient (Wildman–Crippen LogP) is 4.65. The number of nitrogens with zero attached hydrogens (tertiary/aromatic N) is 3. The van der Waals surface area contributed by atoms with Gasteiger partial charge in [-0.15, -0.1) is 0 Å². The first-order valence-electron chi connectivity index (χ1n) is 11.2. The van der Waals surface area contributed by atoms with Crippen molar-refractivity contribution in [3.63, 3.8) is 0 Å². The summed E-state index contributed by atoms with van der Waals surface area (Å²) in [6.45, 7) is 4.49. The molecule has 0 aliphatic carbocycles. The van der Waals surface area contributed by atoms with E-state index in [-0.39, 0.29) is 12.1 Å². The third-order valence-electron chi connectivity index (χ3n) is 6.08. The number of halogens is 4. The van der Waals surface area contributed by atoms with Gasteiger partial charge in [0.15, 0.2) is 0 Å². The molecule has 0 saturated carbocycles. The van der Waals surface area contributed by atoms with Crippen LogP contribution in [0.3, 0.4) is 0 Å². The molecule has 0 saturated heterocycles. The van der Waals surface area contributed by atoms with Gasteiger partial charge in [0.25, 0.3) is 5.91 Å². The molecule has 2 heterocycles. The van der Waals surface area contributed by atoms with Crippen molar-refractivity contribution in [1.82, 2.24) is 15.1 Å². The van der Waals surface area contributed by atoms with Crippen LogP contribution in [0.15, 0.2) is 42.5 Å². The number of carbonyl (C=O) groups excluding carboxylic acids is 2. The van der Waals surface area contributed by atoms with E-state index in [1.165, 1.54) is 18.2 Å². The normalized spacial score (nSPS) is 13.9. The lowest BCUT2D eigenvalue weighted by molar-refractivity contribution is -0.137. The molecule has 7 nitrogen and oxygen atoms in total. The Morgan fingerprint density at radius 1 is 1.17 bits per heavy atom. The molecule has 4 rings (SSSR count). The topological polar surface area (TPSA) is 76.5 Å². The number of nitrogens with one attached hydrogen (secondary N) is 1. The van der Waals surface area contributed by atoms with Gasteiger partial charge in [0.05, 0.1) is 36.5 Å². The van der Waals surface area contributed by atoms with Gasteiger partial charge in [-0.1, -0.05) is 18.2 Å². The van der Waals surface area contributed by atoms with E-state index in [9.17, 15) is 27.2 Å². The maximum absolute atomic E-state index is 14.4. The molecular weight excluding hydrogens is 480 g/mol. The Balaban J connectivity index is 1.55. The zero-order chi connectivity index (χ0) is 26.2. The molecule has 0 bridgehead atoms. The Bertz CT molecular complexity index is 1320. The molecular formula is C25H24F4N4O3. The standard InChI is InChI=1S/C25H24F4N4O3/c1-14(17-7-8-19(20(26)12-17)24(35)36-3)30-22(34)21-15(2)31-33-10-9-32(23(21)33)13-16-5-4-6-18(11-16)25(27,28)29/h4-8,11-12,14H,9-10,13H2,1-3H3,(H,30,34)/t14-/m0/s1. The van der Waals surface area contributed by atoms with Crippen LogP contribution in [0.4, 0.5) is 23.4 Å². The van der Waals surface area contributed by atoms with Crippen LogP contribution in [0.1, 0.15) is 56.1 Å². The van der Waals surface area contributed by atoms with Gasteiger partial charge >= 0.3 is 12.1 Å². The average Bonchev–Trinajstić information content (AvgIpc) is 3.35. The lowest BCUT2D eigenvalue weighted by Crippen LogP contribution is -2.29. The molecule has 1 aromatic heterocycles. The van der Waals surface area contributed by atoms with E-state index in [1.54, 1.807) is 24.6 Å². The SMILES string of the molecule is COC(=O)c1ccc([C@H](C)NC(=O)c2c(C)nn3c2N(Cc2cccc(C(F)(F)F)c2)CC3)cc1F. The first kappa shape index (κ1) is 25.2. The largest absolute Gasteiger partial charge is 0.465 e. The van der Waals surface area contributed by atoms with Crippen LogP contribution in [-0.2, 0) is 24.0 Å². The number of aromatic nitrogens is 2. The number of rotatable bonds is 6. The molecule has 2 aromatic carbocycles. The molecule has 11 heteroatoms. The van der Waals surface area contributed by atoms with Gasteiger partial charge < -0.3 is 15.0 Å². The number of ether oxygens (including phenoxy) is 1. The molecule has 0 unspecified atom stereocenters. The second-order valence-electron chi connectivity index (χ2n) is 8.55. The third kappa shape index (κ3) is 4.91. The molecule has 1 aliphatic heterocycles. The Morgan fingerprint density at radius 2 is 1.92 bits per heavy atom. The minimum atomic E-state index is -4.45. The van der Waals surface area contributed by atoms with E-state index in [0.29, 0.717) is 41.3 Å². The molecule has 1 aliphatic rings. The number of amides is 1. The highest BCUT2D eigenvalue weighted by Gasteiger charge is 2.33. The summed E-state index contributed by atoms with van der Waals surface area (Å²) < 4.78 is 60.0. The fourth-order valence-corrected chi connectivity index (χ4v) is 4.28. The van der Waals surface area contributed by atoms with Crippen LogP contribution in [0.2, 0.25) is 0 Å². The molecule has 36 heavy (non-hydrogen) atoms. The highest BCUT2D eigenvalue weighted by Crippen LogP contribution is 2.33. The Hall–Kier alpha value is -3.89. The highest BCUT2D eigenvalue weighted by atomic mass is 19.4. The fourth-order valence-electron chi connectivity index (χ4n) is 4.28. The first-order valence-corrected chi connectivity index (χ1v) is 11.2. The summed E-state index contributed by atoms with van der Waals surface area (Å²) in [6, 6.07) is 8.45. The molecule has 1 amide bonds. The van der Waals surface area contributed by atoms with Crippen LogP contribution in [0.5, 0.6) is 0 Å². The van der Waals surface area contributed by atoms with E-state index in [1.807, 2.05) is 4.90 Å². The van der Waals surface area contributed by atoms with Crippen molar-refractivity contribution in [3.05, 3.63) is 81.8 Å². The monoisotopic (exact) mass is 504 g/mol. The number of fused-ring (bicyclic) bond motifs is 1. The number of aryl methyl sites for hydroxylation is 1. The zero-order valence-electron chi connectivity index (χ0n) is 19.8. The van der Waals surface area contributed by atoms with E-state index in [4.69, 9.17) is 0 Å². The van der Waals surface area contributed by atoms with Crippen LogP contribution < -0.4 is 10.2 Å². The maximum atomic E-state index is 14.4. The number of benzene rings is 2. The number of hydrogen-bond acceptors (Lipinski definition) is 5. The van der Waals surface area contributed by atoms with Gasteiger partial charge in [0, 0.05) is 13.1 Å². The quantitative estimate of drug-likeness (QED) is 0.391. The summed E-state index contributed by atoms with van der Waals surface area (Å²) in [5.74, 6) is -1.51. The second-order valence-corrected chi connectivity index (χ2v) is 8.55. The van der Waals surface area contributed by atoms with Gasteiger partial charge in [-0.25, -0.2) is 13.9 Å². The van der Waals surface area contributed by atoms with Crippen molar-refractivity contribution >= 4 is 17.7 Å². The summed E-state index contributed by atoms with van der Waals surface area (Å²) in [6.07, 6.45) is -4.45. The number of alkyl halides is 3. The predicted molar refractivity (Wildman–Crippen MR) is 123 cm³/mol. The summed E-state index contributed by atoms with van der Waals surface area (Å²) in [5, 5.41) is 7.24. The lowest BCUT2D eigenvalue weighted by atomic mass is 10.0. The van der Waals surface area contributed by atoms with Crippen molar-refractivity contribution in [3.8, 4) is 0 Å². The van der Waals surface area contributed by atoms with Gasteiger partial charge in [-0.05, 0) is 49.2 Å². The van der Waals surface area contributed by atoms with Crippen LogP contribution in [0, 0.1) is 12.7 Å². The van der Waals surface area contributed by atoms with Crippen LogP contribution in [0.25, 0.3) is 0 Å². The van der Waals surface area contributed by atoms with Crippen molar-refractivity contribution in [2.24, 2.45) is 0 Å². The molecule has 1 atom stereocenters. The van der Waals surface area contributed by atoms with E-state index < -0.39 is 35.5 Å². The number of esters is 1. The zero-order valence-corrected chi connectivity index (χ0v) is 19.8. The van der Waals surface area contributed by atoms with Crippen molar-refractivity contribution in [2.45, 2.75) is 39.2 Å². The third-order valence-corrected chi connectivity index (χ3v) is 6.08. The molecule has 1 N–H and O–H groups in total. The Kier molecular flexibility index (Phi) is 6.75. The van der Waals surface area contributed by atoms with E-state index >= 15 is 0 Å². The summed E-state index contributed by atoms with van der Waals surface area (Å²) in [7, 11) is 1.15. The van der Waals surface area contributed by atoms with E-state index in [0.717, 1.165) is 25.3 Å². The molecule has 3 aromatic rings. The molecule has 0 spiro atoms. The fraction of sp³-hybridized carbons (Fsp3) is 0.320. The molecule has 0 fully saturated rings. The van der Waals surface area contributed by atoms with Gasteiger partial charge in [0.2, 0.25) is 0 Å². The average molecular weight is 504 g/mol. The van der Waals surface area contributed by atoms with Crippen molar-refractivity contribution in [2.75, 3.05) is 18.6 Å². The highest BCUT2D eigenvalue weighted by molar-refractivity contribution is 6.00. The smallest absolute Gasteiger partial charge is 0.416 e. The minimum absolute atomic E-state index is 0.172. The van der Waals surface area contributed by atoms with Crippen LogP contribution in [-0.4, -0.2) is 35.3 Å². The minimum Gasteiger partial charge on any atom is -0.465 e. The van der Waals surface area contributed by atoms with E-state index in [2.05, 4.69) is 15.2 Å². The maximum Gasteiger partial charge on any atom is 0.416 e. The second kappa shape index (κ2) is 9.63. The van der Waals surface area contributed by atoms with Gasteiger partial charge in [-0.3, -0.25) is 4.79 Å². The molecule has 0 radical (unpaired) electrons.